The molecule has 2 rings (SSSR count). The molecule has 6 heteroatoms. The minimum absolute atomic E-state index is 0.302. The lowest BCUT2D eigenvalue weighted by Gasteiger charge is -2.28. The minimum Gasteiger partial charge on any atom is -0.385 e. The number of nitrogens with one attached hydrogen (secondary N) is 1. The molecule has 0 saturated carbocycles. The summed E-state index contributed by atoms with van der Waals surface area (Å²) in [6, 6.07) is 0.302. The van der Waals surface area contributed by atoms with Crippen LogP contribution in [-0.2, 0) is 0 Å². The first kappa shape index (κ1) is 10.4. The van der Waals surface area contributed by atoms with Gasteiger partial charge in [0.25, 0.3) is 0 Å². The van der Waals surface area contributed by atoms with Crippen molar-refractivity contribution in [1.29, 1.82) is 0 Å². The number of piperidine rings is 1. The Morgan fingerprint density at radius 1 is 1.53 bits per heavy atom. The lowest BCUT2D eigenvalue weighted by atomic mass is 10.1. The van der Waals surface area contributed by atoms with Crippen molar-refractivity contribution < 1.29 is 5.11 Å². The van der Waals surface area contributed by atoms with E-state index < -0.39 is 6.10 Å². The number of aliphatic hydroxyl groups is 1. The van der Waals surface area contributed by atoms with Crippen LogP contribution < -0.4 is 10.6 Å². The quantitative estimate of drug-likeness (QED) is 0.629. The van der Waals surface area contributed by atoms with Crippen LogP contribution in [0.1, 0.15) is 31.7 Å². The number of aromatic nitrogens is 3. The van der Waals surface area contributed by atoms with Gasteiger partial charge in [-0.1, -0.05) is 0 Å². The largest absolute Gasteiger partial charge is 0.385 e. The van der Waals surface area contributed by atoms with Crippen LogP contribution in [0.4, 0.5) is 5.95 Å². The van der Waals surface area contributed by atoms with Gasteiger partial charge >= 0.3 is 0 Å². The summed E-state index contributed by atoms with van der Waals surface area (Å²) in [5, 5.41) is 16.1. The summed E-state index contributed by atoms with van der Waals surface area (Å²) in [5.74, 6) is 1.18. The molecule has 1 aliphatic heterocycles. The van der Waals surface area contributed by atoms with E-state index >= 15 is 0 Å². The van der Waals surface area contributed by atoms with Crippen LogP contribution in [-0.4, -0.2) is 39.4 Å². The molecule has 0 unspecified atom stereocenters. The van der Waals surface area contributed by atoms with Crippen LogP contribution in [0.5, 0.6) is 0 Å². The summed E-state index contributed by atoms with van der Waals surface area (Å²) in [6.45, 7) is 3.44. The molecule has 84 valence electrons. The van der Waals surface area contributed by atoms with Gasteiger partial charge < -0.3 is 15.7 Å². The molecule has 1 fully saturated rings. The van der Waals surface area contributed by atoms with Gasteiger partial charge in [-0.3, -0.25) is 5.10 Å². The summed E-state index contributed by atoms with van der Waals surface area (Å²) in [4.78, 5) is 6.32. The zero-order valence-corrected chi connectivity index (χ0v) is 8.85. The molecule has 1 atom stereocenters. The SMILES string of the molecule is C[C@H](O)c1nc(N2CCC(N)CC2)n[nH]1. The summed E-state index contributed by atoms with van der Waals surface area (Å²) in [7, 11) is 0. The Balaban J connectivity index is 2.03. The maximum absolute atomic E-state index is 9.31. The molecule has 0 amide bonds. The van der Waals surface area contributed by atoms with Crippen molar-refractivity contribution >= 4 is 5.95 Å². The highest BCUT2D eigenvalue weighted by atomic mass is 16.3. The molecule has 1 aromatic rings. The fourth-order valence-corrected chi connectivity index (χ4v) is 1.69. The Bertz CT molecular complexity index is 316. The maximum atomic E-state index is 9.31. The molecule has 0 bridgehead atoms. The van der Waals surface area contributed by atoms with Crippen LogP contribution >= 0.6 is 0 Å². The van der Waals surface area contributed by atoms with E-state index in [9.17, 15) is 5.11 Å². The van der Waals surface area contributed by atoms with E-state index in [4.69, 9.17) is 5.73 Å². The minimum atomic E-state index is -0.599. The van der Waals surface area contributed by atoms with E-state index in [2.05, 4.69) is 20.1 Å². The second kappa shape index (κ2) is 4.16. The number of aliphatic hydroxyl groups excluding tert-OH is 1. The van der Waals surface area contributed by atoms with E-state index in [-0.39, 0.29) is 0 Å². The summed E-state index contributed by atoms with van der Waals surface area (Å²) in [6.07, 6.45) is 1.34. The van der Waals surface area contributed by atoms with Crippen molar-refractivity contribution in [2.45, 2.75) is 31.9 Å². The number of hydrogen-bond donors (Lipinski definition) is 3. The van der Waals surface area contributed by atoms with Crippen molar-refractivity contribution in [3.63, 3.8) is 0 Å². The van der Waals surface area contributed by atoms with Crippen LogP contribution in [0.25, 0.3) is 0 Å². The third kappa shape index (κ3) is 2.27. The Labute approximate surface area is 88.5 Å². The number of nitrogens with two attached hydrogens (primary N) is 1. The lowest BCUT2D eigenvalue weighted by Crippen LogP contribution is -2.40. The first-order chi connectivity index (χ1) is 7.16. The first-order valence-electron chi connectivity index (χ1n) is 5.27. The zero-order chi connectivity index (χ0) is 10.8. The molecule has 4 N–H and O–H groups in total. The molecule has 0 radical (unpaired) electrons. The monoisotopic (exact) mass is 211 g/mol. The Hall–Kier alpha value is -1.14. The number of nitrogens with zero attached hydrogens (tertiary/aromatic N) is 3. The van der Waals surface area contributed by atoms with Gasteiger partial charge in [0.1, 0.15) is 6.10 Å². The van der Waals surface area contributed by atoms with Gasteiger partial charge in [0.15, 0.2) is 5.82 Å². The third-order valence-electron chi connectivity index (χ3n) is 2.71. The van der Waals surface area contributed by atoms with Gasteiger partial charge in [0.2, 0.25) is 5.95 Å². The van der Waals surface area contributed by atoms with Gasteiger partial charge in [-0.2, -0.15) is 4.98 Å². The van der Waals surface area contributed by atoms with Crippen molar-refractivity contribution in [2.24, 2.45) is 5.73 Å². The highest BCUT2D eigenvalue weighted by Gasteiger charge is 2.20. The summed E-state index contributed by atoms with van der Waals surface area (Å²) < 4.78 is 0. The molecule has 0 aliphatic carbocycles. The number of aromatic amines is 1. The van der Waals surface area contributed by atoms with E-state index in [1.165, 1.54) is 0 Å². The van der Waals surface area contributed by atoms with Gasteiger partial charge in [0, 0.05) is 19.1 Å². The molecule has 1 saturated heterocycles. The van der Waals surface area contributed by atoms with Crippen LogP contribution in [0, 0.1) is 0 Å². The van der Waals surface area contributed by atoms with Gasteiger partial charge in [-0.25, -0.2) is 0 Å². The maximum Gasteiger partial charge on any atom is 0.244 e. The van der Waals surface area contributed by atoms with E-state index in [1.54, 1.807) is 6.92 Å². The van der Waals surface area contributed by atoms with Crippen molar-refractivity contribution in [2.75, 3.05) is 18.0 Å². The van der Waals surface area contributed by atoms with E-state index in [0.717, 1.165) is 25.9 Å². The first-order valence-corrected chi connectivity index (χ1v) is 5.27. The van der Waals surface area contributed by atoms with Crippen molar-refractivity contribution in [3.05, 3.63) is 5.82 Å². The Kier molecular flexibility index (Phi) is 2.88. The average Bonchev–Trinajstić information content (AvgIpc) is 2.68. The normalized spacial score (nSPS) is 20.6. The molecule has 6 nitrogen and oxygen atoms in total. The Morgan fingerprint density at radius 2 is 2.20 bits per heavy atom. The number of anilines is 1. The summed E-state index contributed by atoms with van der Waals surface area (Å²) >= 11 is 0. The second-order valence-electron chi connectivity index (χ2n) is 4.02. The summed E-state index contributed by atoms with van der Waals surface area (Å²) in [5.41, 5.74) is 5.81. The predicted molar refractivity (Wildman–Crippen MR) is 56.4 cm³/mol. The molecule has 1 aliphatic rings. The number of hydrogen-bond acceptors (Lipinski definition) is 5. The highest BCUT2D eigenvalue weighted by Crippen LogP contribution is 2.16. The smallest absolute Gasteiger partial charge is 0.244 e. The average molecular weight is 211 g/mol. The van der Waals surface area contributed by atoms with Crippen molar-refractivity contribution in [3.8, 4) is 0 Å². The fraction of sp³-hybridized carbons (Fsp3) is 0.778. The van der Waals surface area contributed by atoms with E-state index in [1.807, 2.05) is 0 Å². The lowest BCUT2D eigenvalue weighted by molar-refractivity contribution is 0.189. The van der Waals surface area contributed by atoms with Gasteiger partial charge in [0.05, 0.1) is 0 Å². The number of rotatable bonds is 2. The zero-order valence-electron chi connectivity index (χ0n) is 8.85. The van der Waals surface area contributed by atoms with E-state index in [0.29, 0.717) is 17.8 Å². The third-order valence-corrected chi connectivity index (χ3v) is 2.71. The molecule has 1 aromatic heterocycles. The van der Waals surface area contributed by atoms with Crippen LogP contribution in [0.15, 0.2) is 0 Å². The highest BCUT2D eigenvalue weighted by molar-refractivity contribution is 5.29. The molecule has 0 spiro atoms. The Morgan fingerprint density at radius 3 is 2.73 bits per heavy atom. The topological polar surface area (TPSA) is 91.1 Å². The predicted octanol–water partition coefficient (Wildman–Crippen LogP) is -0.215. The second-order valence-corrected chi connectivity index (χ2v) is 4.02. The van der Waals surface area contributed by atoms with Gasteiger partial charge in [-0.15, -0.1) is 5.10 Å². The molecular weight excluding hydrogens is 194 g/mol. The van der Waals surface area contributed by atoms with Crippen LogP contribution in [0.3, 0.4) is 0 Å². The molecular formula is C9H17N5O. The standard InChI is InChI=1S/C9H17N5O/c1-6(15)8-11-9(13-12-8)14-4-2-7(10)3-5-14/h6-7,15H,2-5,10H2,1H3,(H,11,12,13)/t6-/m0/s1. The number of H-pyrrole nitrogens is 1. The molecule has 0 aromatic carbocycles. The van der Waals surface area contributed by atoms with Crippen LogP contribution in [0.2, 0.25) is 0 Å². The molecule has 2 heterocycles. The van der Waals surface area contributed by atoms with Crippen molar-refractivity contribution in [1.82, 2.24) is 15.2 Å². The van der Waals surface area contributed by atoms with Gasteiger partial charge in [-0.05, 0) is 19.8 Å². The molecule has 15 heavy (non-hydrogen) atoms. The fourth-order valence-electron chi connectivity index (χ4n) is 1.69.